The number of nitrogens with zero attached hydrogens (tertiary/aromatic N) is 6. The summed E-state index contributed by atoms with van der Waals surface area (Å²) in [7, 11) is 1.50. The number of ether oxygens (including phenoxy) is 2. The second-order valence-electron chi connectivity index (χ2n) is 9.19. The van der Waals surface area contributed by atoms with Crippen LogP contribution in [0.1, 0.15) is 64.2 Å². The molecule has 4 heterocycles. The number of nitrogens with one attached hydrogen (secondary N) is 1. The van der Waals surface area contributed by atoms with Crippen molar-refractivity contribution in [3.05, 3.63) is 30.6 Å². The van der Waals surface area contributed by atoms with Crippen molar-refractivity contribution < 1.29 is 27.4 Å². The molecule has 1 aliphatic heterocycles. The van der Waals surface area contributed by atoms with Crippen LogP contribution < -0.4 is 14.8 Å². The van der Waals surface area contributed by atoms with E-state index in [9.17, 15) is 18.0 Å². The van der Waals surface area contributed by atoms with Crippen LogP contribution in [0.25, 0.3) is 17.0 Å². The zero-order valence-corrected chi connectivity index (χ0v) is 21.7. The molecule has 0 aliphatic carbocycles. The van der Waals surface area contributed by atoms with Crippen molar-refractivity contribution in [3.63, 3.8) is 0 Å². The number of amides is 2. The van der Waals surface area contributed by atoms with E-state index in [1.165, 1.54) is 18.2 Å². The standard InChI is InChI=1S/C25H32F3N7O3/c1-4-35-16(2)21-30-14-19(37-3)20(33-21)18-15-34-12-11-29-22(34)23(32-18)38-13-7-5-6-8-17(31-24(35)36)9-10-25(26,27)28/h11-12,14-17H,4-10,13H2,1-3H3,(H,31,36)/t16-,17+/m0/s1. The fourth-order valence-corrected chi connectivity index (χ4v) is 4.49. The van der Waals surface area contributed by atoms with Crippen molar-refractivity contribution in [1.82, 2.24) is 34.6 Å². The summed E-state index contributed by atoms with van der Waals surface area (Å²) in [5, 5.41) is 2.82. The average molecular weight is 536 g/mol. The molecule has 0 saturated heterocycles. The van der Waals surface area contributed by atoms with Gasteiger partial charge in [0.1, 0.15) is 11.4 Å². The van der Waals surface area contributed by atoms with Crippen molar-refractivity contribution in [3.8, 4) is 23.0 Å². The minimum Gasteiger partial charge on any atom is -0.493 e. The van der Waals surface area contributed by atoms with Crippen molar-refractivity contribution >= 4 is 11.7 Å². The van der Waals surface area contributed by atoms with Crippen molar-refractivity contribution in [1.29, 1.82) is 0 Å². The molecule has 0 saturated carbocycles. The Bertz CT molecular complexity index is 1250. The first-order chi connectivity index (χ1) is 18.2. The van der Waals surface area contributed by atoms with Crippen LogP contribution in [0.4, 0.5) is 18.0 Å². The second kappa shape index (κ2) is 11.8. The molecule has 4 rings (SSSR count). The molecular formula is C25H32F3N7O3. The van der Waals surface area contributed by atoms with E-state index in [1.807, 2.05) is 0 Å². The first-order valence-electron chi connectivity index (χ1n) is 12.7. The van der Waals surface area contributed by atoms with Gasteiger partial charge in [0.15, 0.2) is 11.6 Å². The fourth-order valence-electron chi connectivity index (χ4n) is 4.49. The van der Waals surface area contributed by atoms with Crippen LogP contribution in [0.15, 0.2) is 24.8 Å². The van der Waals surface area contributed by atoms with Gasteiger partial charge in [0.05, 0.1) is 26.0 Å². The van der Waals surface area contributed by atoms with Crippen LogP contribution in [0, 0.1) is 0 Å². The maximum atomic E-state index is 13.2. The highest BCUT2D eigenvalue weighted by Gasteiger charge is 2.30. The van der Waals surface area contributed by atoms with Crippen LogP contribution in [0.2, 0.25) is 0 Å². The second-order valence-corrected chi connectivity index (χ2v) is 9.19. The first kappa shape index (κ1) is 27.4. The van der Waals surface area contributed by atoms with Gasteiger partial charge in [0.2, 0.25) is 5.65 Å². The van der Waals surface area contributed by atoms with Gasteiger partial charge in [-0.3, -0.25) is 0 Å². The Balaban J connectivity index is 1.72. The van der Waals surface area contributed by atoms with E-state index in [-0.39, 0.29) is 6.42 Å². The quantitative estimate of drug-likeness (QED) is 0.504. The molecule has 0 radical (unpaired) electrons. The molecule has 2 atom stereocenters. The molecule has 3 aromatic heterocycles. The van der Waals surface area contributed by atoms with Crippen molar-refractivity contribution in [2.45, 2.75) is 70.6 Å². The lowest BCUT2D eigenvalue weighted by Gasteiger charge is -2.30. The number of carbonyl (C=O) groups excluding carboxylic acids is 1. The first-order valence-corrected chi connectivity index (χ1v) is 12.7. The fraction of sp³-hybridized carbons (Fsp3) is 0.560. The monoisotopic (exact) mass is 535 g/mol. The lowest BCUT2D eigenvalue weighted by Crippen LogP contribution is -2.46. The number of alkyl halides is 3. The smallest absolute Gasteiger partial charge is 0.389 e. The van der Waals surface area contributed by atoms with Crippen LogP contribution in [0.5, 0.6) is 11.6 Å². The zero-order chi connectivity index (χ0) is 27.3. The van der Waals surface area contributed by atoms with Crippen LogP contribution in [-0.2, 0) is 0 Å². The lowest BCUT2D eigenvalue weighted by molar-refractivity contribution is -0.136. The summed E-state index contributed by atoms with van der Waals surface area (Å²) < 4.78 is 52.1. The van der Waals surface area contributed by atoms with Gasteiger partial charge in [-0.1, -0.05) is 6.42 Å². The number of aromatic nitrogens is 5. The van der Waals surface area contributed by atoms with E-state index in [1.54, 1.807) is 36.8 Å². The minimum absolute atomic E-state index is 0.186. The van der Waals surface area contributed by atoms with E-state index in [4.69, 9.17) is 14.5 Å². The third-order valence-electron chi connectivity index (χ3n) is 6.56. The van der Waals surface area contributed by atoms with E-state index in [0.717, 1.165) is 6.42 Å². The topological polar surface area (TPSA) is 107 Å². The predicted octanol–water partition coefficient (Wildman–Crippen LogP) is 4.95. The molecule has 10 nitrogen and oxygen atoms in total. The molecule has 4 bridgehead atoms. The highest BCUT2D eigenvalue weighted by molar-refractivity contribution is 5.75. The zero-order valence-electron chi connectivity index (χ0n) is 21.7. The van der Waals surface area contributed by atoms with Gasteiger partial charge in [0.25, 0.3) is 5.88 Å². The largest absolute Gasteiger partial charge is 0.493 e. The third kappa shape index (κ3) is 6.43. The summed E-state index contributed by atoms with van der Waals surface area (Å²) >= 11 is 0. The Morgan fingerprint density at radius 3 is 2.76 bits per heavy atom. The summed E-state index contributed by atoms with van der Waals surface area (Å²) in [6, 6.07) is -1.65. The van der Waals surface area contributed by atoms with E-state index >= 15 is 0 Å². The van der Waals surface area contributed by atoms with Gasteiger partial charge in [-0.15, -0.1) is 0 Å². The van der Waals surface area contributed by atoms with Crippen molar-refractivity contribution in [2.24, 2.45) is 0 Å². The van der Waals surface area contributed by atoms with Gasteiger partial charge >= 0.3 is 12.2 Å². The van der Waals surface area contributed by atoms with Crippen molar-refractivity contribution in [2.75, 3.05) is 20.3 Å². The molecule has 1 aliphatic rings. The summed E-state index contributed by atoms with van der Waals surface area (Å²) in [6.07, 6.45) is 3.70. The Labute approximate surface area is 218 Å². The number of imidazole rings is 1. The number of hydrogen-bond donors (Lipinski definition) is 1. The normalized spacial score (nSPS) is 19.5. The minimum atomic E-state index is -4.30. The Morgan fingerprint density at radius 2 is 2.03 bits per heavy atom. The molecule has 0 unspecified atom stereocenters. The molecule has 206 valence electrons. The molecule has 0 fully saturated rings. The van der Waals surface area contributed by atoms with E-state index < -0.39 is 30.7 Å². The van der Waals surface area contributed by atoms with E-state index in [2.05, 4.69) is 20.3 Å². The molecule has 38 heavy (non-hydrogen) atoms. The molecule has 0 spiro atoms. The van der Waals surface area contributed by atoms with Gasteiger partial charge < -0.3 is 24.1 Å². The molecule has 3 aromatic rings. The summed E-state index contributed by atoms with van der Waals surface area (Å²) in [4.78, 5) is 32.8. The number of fused-ring (bicyclic) bond motifs is 7. The highest BCUT2D eigenvalue weighted by Crippen LogP contribution is 2.31. The molecule has 0 aromatic carbocycles. The summed E-state index contributed by atoms with van der Waals surface area (Å²) in [5.74, 6) is 1.06. The lowest BCUT2D eigenvalue weighted by atomic mass is 10.0. The maximum absolute atomic E-state index is 13.2. The highest BCUT2D eigenvalue weighted by atomic mass is 19.4. The number of urea groups is 1. The Morgan fingerprint density at radius 1 is 1.21 bits per heavy atom. The van der Waals surface area contributed by atoms with Crippen LogP contribution >= 0.6 is 0 Å². The SMILES string of the molecule is CCN1C(=O)N[C@@H](CCC(F)(F)F)CCCCCOc2nc(cn3ccnc23)-c2nc(ncc2OC)[C@@H]1C. The number of methoxy groups -OCH3 is 1. The van der Waals surface area contributed by atoms with Gasteiger partial charge in [-0.05, 0) is 39.5 Å². The van der Waals surface area contributed by atoms with Gasteiger partial charge in [-0.2, -0.15) is 13.2 Å². The Hall–Kier alpha value is -3.64. The number of carbonyl (C=O) groups is 1. The maximum Gasteiger partial charge on any atom is 0.389 e. The van der Waals surface area contributed by atoms with E-state index in [0.29, 0.717) is 66.9 Å². The summed E-state index contributed by atoms with van der Waals surface area (Å²) in [6.45, 7) is 4.23. The average Bonchev–Trinajstić information content (AvgIpc) is 3.37. The molecule has 1 N–H and O–H groups in total. The predicted molar refractivity (Wildman–Crippen MR) is 133 cm³/mol. The van der Waals surface area contributed by atoms with Gasteiger partial charge in [-0.25, -0.2) is 24.7 Å². The third-order valence-corrected chi connectivity index (χ3v) is 6.56. The number of hydrogen-bond acceptors (Lipinski definition) is 7. The summed E-state index contributed by atoms with van der Waals surface area (Å²) in [5.41, 5.74) is 1.43. The number of rotatable bonds is 4. The van der Waals surface area contributed by atoms with Crippen LogP contribution in [-0.4, -0.2) is 67.7 Å². The molecular weight excluding hydrogens is 503 g/mol. The Kier molecular flexibility index (Phi) is 8.52. The number of halogens is 3. The van der Waals surface area contributed by atoms with Gasteiger partial charge in [0, 0.05) is 37.6 Å². The van der Waals surface area contributed by atoms with Crippen LogP contribution in [0.3, 0.4) is 0 Å². The molecule has 13 heteroatoms. The molecule has 2 amide bonds.